The molecule has 0 heterocycles. The summed E-state index contributed by atoms with van der Waals surface area (Å²) < 4.78 is 5.32. The summed E-state index contributed by atoms with van der Waals surface area (Å²) in [6.07, 6.45) is 2.68. The lowest BCUT2D eigenvalue weighted by atomic mass is 10.2. The average Bonchev–Trinajstić information content (AvgIpc) is 2.40. The molecular weight excluding hydrogens is 240 g/mol. The fraction of sp³-hybridized carbons (Fsp3) is 0.400. The van der Waals surface area contributed by atoms with Gasteiger partial charge in [-0.25, -0.2) is 0 Å². The van der Waals surface area contributed by atoms with Gasteiger partial charge >= 0.3 is 0 Å². The molecule has 1 aromatic carbocycles. The SMILES string of the molecule is C=CCCOCCNCC(=O)Nc1ccc(C)cc1. The van der Waals surface area contributed by atoms with Crippen LogP contribution in [0.4, 0.5) is 5.69 Å². The van der Waals surface area contributed by atoms with Gasteiger partial charge in [0, 0.05) is 12.2 Å². The van der Waals surface area contributed by atoms with E-state index in [4.69, 9.17) is 4.74 Å². The van der Waals surface area contributed by atoms with Gasteiger partial charge in [0.1, 0.15) is 0 Å². The Kier molecular flexibility index (Phi) is 7.54. The maximum absolute atomic E-state index is 11.6. The molecule has 2 N–H and O–H groups in total. The van der Waals surface area contributed by atoms with Crippen molar-refractivity contribution in [2.24, 2.45) is 0 Å². The molecule has 1 rings (SSSR count). The molecule has 0 aliphatic heterocycles. The summed E-state index contributed by atoms with van der Waals surface area (Å²) in [5.41, 5.74) is 1.99. The monoisotopic (exact) mass is 262 g/mol. The van der Waals surface area contributed by atoms with Crippen molar-refractivity contribution in [2.45, 2.75) is 13.3 Å². The van der Waals surface area contributed by atoms with Crippen molar-refractivity contribution in [3.63, 3.8) is 0 Å². The fourth-order valence-electron chi connectivity index (χ4n) is 1.46. The van der Waals surface area contributed by atoms with Crippen LogP contribution >= 0.6 is 0 Å². The van der Waals surface area contributed by atoms with E-state index in [2.05, 4.69) is 17.2 Å². The van der Waals surface area contributed by atoms with Gasteiger partial charge in [-0.15, -0.1) is 6.58 Å². The Morgan fingerprint density at radius 2 is 2.05 bits per heavy atom. The zero-order valence-electron chi connectivity index (χ0n) is 11.4. The third kappa shape index (κ3) is 7.39. The van der Waals surface area contributed by atoms with Crippen molar-refractivity contribution in [2.75, 3.05) is 31.6 Å². The maximum atomic E-state index is 11.6. The van der Waals surface area contributed by atoms with Gasteiger partial charge in [-0.1, -0.05) is 23.8 Å². The molecule has 0 saturated heterocycles. The summed E-state index contributed by atoms with van der Waals surface area (Å²) in [5.74, 6) is -0.0463. The summed E-state index contributed by atoms with van der Waals surface area (Å²) >= 11 is 0. The van der Waals surface area contributed by atoms with E-state index in [1.807, 2.05) is 37.3 Å². The highest BCUT2D eigenvalue weighted by molar-refractivity contribution is 5.92. The van der Waals surface area contributed by atoms with Crippen molar-refractivity contribution in [3.05, 3.63) is 42.5 Å². The lowest BCUT2D eigenvalue weighted by molar-refractivity contribution is -0.115. The number of aryl methyl sites for hydroxylation is 1. The number of hydrogen-bond donors (Lipinski definition) is 2. The molecular formula is C15H22N2O2. The first-order chi connectivity index (χ1) is 9.22. The molecule has 0 fully saturated rings. The molecule has 0 aliphatic rings. The van der Waals surface area contributed by atoms with Crippen LogP contribution in [0.15, 0.2) is 36.9 Å². The van der Waals surface area contributed by atoms with Gasteiger partial charge < -0.3 is 15.4 Å². The minimum atomic E-state index is -0.0463. The second kappa shape index (κ2) is 9.30. The Morgan fingerprint density at radius 1 is 1.32 bits per heavy atom. The quantitative estimate of drug-likeness (QED) is 0.529. The van der Waals surface area contributed by atoms with E-state index >= 15 is 0 Å². The van der Waals surface area contributed by atoms with Crippen LogP contribution in [0.5, 0.6) is 0 Å². The van der Waals surface area contributed by atoms with Gasteiger partial charge in [0.2, 0.25) is 5.91 Å². The summed E-state index contributed by atoms with van der Waals surface area (Å²) in [4.78, 5) is 11.6. The molecule has 1 amide bonds. The van der Waals surface area contributed by atoms with Gasteiger partial charge in [0.15, 0.2) is 0 Å². The number of anilines is 1. The molecule has 0 bridgehead atoms. The molecule has 0 radical (unpaired) electrons. The molecule has 19 heavy (non-hydrogen) atoms. The van der Waals surface area contributed by atoms with Crippen LogP contribution in [0.2, 0.25) is 0 Å². The van der Waals surface area contributed by atoms with E-state index in [0.29, 0.717) is 26.3 Å². The Bertz CT molecular complexity index is 388. The van der Waals surface area contributed by atoms with Crippen molar-refractivity contribution in [1.29, 1.82) is 0 Å². The average molecular weight is 262 g/mol. The van der Waals surface area contributed by atoms with Crippen molar-refractivity contribution in [1.82, 2.24) is 5.32 Å². The van der Waals surface area contributed by atoms with E-state index in [1.165, 1.54) is 5.56 Å². The first-order valence-corrected chi connectivity index (χ1v) is 6.48. The molecule has 1 aromatic rings. The molecule has 0 unspecified atom stereocenters. The number of amides is 1. The predicted molar refractivity (Wildman–Crippen MR) is 78.3 cm³/mol. The molecule has 4 nitrogen and oxygen atoms in total. The molecule has 0 saturated carbocycles. The minimum Gasteiger partial charge on any atom is -0.380 e. The van der Waals surface area contributed by atoms with E-state index < -0.39 is 0 Å². The van der Waals surface area contributed by atoms with Gasteiger partial charge in [-0.3, -0.25) is 4.79 Å². The lowest BCUT2D eigenvalue weighted by Gasteiger charge is -2.07. The Morgan fingerprint density at radius 3 is 2.74 bits per heavy atom. The standard InChI is InChI=1S/C15H22N2O2/c1-3-4-10-19-11-9-16-12-15(18)17-14-7-5-13(2)6-8-14/h3,5-8,16H,1,4,9-12H2,2H3,(H,17,18). The largest absolute Gasteiger partial charge is 0.380 e. The highest BCUT2D eigenvalue weighted by Gasteiger charge is 2.01. The second-order valence-corrected chi connectivity index (χ2v) is 4.28. The van der Waals surface area contributed by atoms with E-state index in [-0.39, 0.29) is 5.91 Å². The Labute approximate surface area is 114 Å². The molecule has 0 spiro atoms. The van der Waals surface area contributed by atoms with E-state index in [1.54, 1.807) is 0 Å². The molecule has 0 aromatic heterocycles. The van der Waals surface area contributed by atoms with Gasteiger partial charge in [0.25, 0.3) is 0 Å². The lowest BCUT2D eigenvalue weighted by Crippen LogP contribution is -2.30. The summed E-state index contributed by atoms with van der Waals surface area (Å²) in [6, 6.07) is 7.73. The van der Waals surface area contributed by atoms with Crippen molar-refractivity contribution >= 4 is 11.6 Å². The zero-order valence-corrected chi connectivity index (χ0v) is 11.4. The van der Waals surface area contributed by atoms with E-state index in [9.17, 15) is 4.79 Å². The summed E-state index contributed by atoms with van der Waals surface area (Å²) in [7, 11) is 0. The molecule has 0 atom stereocenters. The fourth-order valence-corrected chi connectivity index (χ4v) is 1.46. The van der Waals surface area contributed by atoms with Crippen LogP contribution in [0.3, 0.4) is 0 Å². The normalized spacial score (nSPS) is 10.2. The van der Waals surface area contributed by atoms with Crippen LogP contribution < -0.4 is 10.6 Å². The minimum absolute atomic E-state index is 0.0463. The van der Waals surface area contributed by atoms with Crippen LogP contribution in [0, 0.1) is 6.92 Å². The van der Waals surface area contributed by atoms with E-state index in [0.717, 1.165) is 12.1 Å². The number of hydrogen-bond acceptors (Lipinski definition) is 3. The molecule has 0 aliphatic carbocycles. The second-order valence-electron chi connectivity index (χ2n) is 4.28. The number of carbonyl (C=O) groups is 1. The number of carbonyl (C=O) groups excluding carboxylic acids is 1. The van der Waals surface area contributed by atoms with Gasteiger partial charge in [-0.2, -0.15) is 0 Å². The highest BCUT2D eigenvalue weighted by atomic mass is 16.5. The zero-order chi connectivity index (χ0) is 13.9. The Balaban J connectivity index is 2.08. The molecule has 4 heteroatoms. The summed E-state index contributed by atoms with van der Waals surface area (Å²) in [6.45, 7) is 7.87. The summed E-state index contributed by atoms with van der Waals surface area (Å²) in [5, 5.41) is 5.86. The molecule has 104 valence electrons. The van der Waals surface area contributed by atoms with Crippen molar-refractivity contribution < 1.29 is 9.53 Å². The predicted octanol–water partition coefficient (Wildman–Crippen LogP) is 2.12. The number of rotatable bonds is 9. The highest BCUT2D eigenvalue weighted by Crippen LogP contribution is 2.07. The third-order valence-corrected chi connectivity index (χ3v) is 2.51. The van der Waals surface area contributed by atoms with Gasteiger partial charge in [-0.05, 0) is 25.5 Å². The first kappa shape index (κ1) is 15.4. The number of ether oxygens (including phenoxy) is 1. The van der Waals surface area contributed by atoms with Crippen molar-refractivity contribution in [3.8, 4) is 0 Å². The van der Waals surface area contributed by atoms with Crippen LogP contribution in [-0.2, 0) is 9.53 Å². The smallest absolute Gasteiger partial charge is 0.238 e. The first-order valence-electron chi connectivity index (χ1n) is 6.48. The third-order valence-electron chi connectivity index (χ3n) is 2.51. The van der Waals surface area contributed by atoms with Crippen LogP contribution in [0.1, 0.15) is 12.0 Å². The Hall–Kier alpha value is -1.65. The topological polar surface area (TPSA) is 50.4 Å². The van der Waals surface area contributed by atoms with Crippen LogP contribution in [0.25, 0.3) is 0 Å². The number of benzene rings is 1. The van der Waals surface area contributed by atoms with Crippen LogP contribution in [-0.4, -0.2) is 32.2 Å². The maximum Gasteiger partial charge on any atom is 0.238 e. The van der Waals surface area contributed by atoms with Gasteiger partial charge in [0.05, 0.1) is 19.8 Å². The number of nitrogens with one attached hydrogen (secondary N) is 2.